The highest BCUT2D eigenvalue weighted by Gasteiger charge is 2.36. The summed E-state index contributed by atoms with van der Waals surface area (Å²) in [5.74, 6) is 0.0299. The van der Waals surface area contributed by atoms with Gasteiger partial charge in [-0.15, -0.1) is 0 Å². The number of hydrogen-bond donors (Lipinski definition) is 2. The van der Waals surface area contributed by atoms with Crippen LogP contribution in [0.1, 0.15) is 30.4 Å². The van der Waals surface area contributed by atoms with Crippen molar-refractivity contribution in [2.75, 3.05) is 19.7 Å². The van der Waals surface area contributed by atoms with Crippen LogP contribution in [0.25, 0.3) is 0 Å². The zero-order valence-corrected chi connectivity index (χ0v) is 13.9. The van der Waals surface area contributed by atoms with E-state index in [9.17, 15) is 23.1 Å². The molecule has 7 heteroatoms. The number of aliphatic hydroxyl groups excluding tert-OH is 1. The number of likely N-dealkylation sites (tertiary alicyclic amines) is 1. The predicted octanol–water partition coefficient (Wildman–Crippen LogP) is 2.41. The average Bonchev–Trinajstić information content (AvgIpc) is 2.86. The van der Waals surface area contributed by atoms with Crippen LogP contribution in [0.3, 0.4) is 0 Å². The topological polar surface area (TPSA) is 52.6 Å². The molecule has 1 aromatic carbocycles. The predicted molar refractivity (Wildman–Crippen MR) is 86.6 cm³/mol. The molecule has 1 aromatic rings. The van der Waals surface area contributed by atoms with E-state index in [1.165, 1.54) is 6.07 Å². The van der Waals surface area contributed by atoms with Gasteiger partial charge in [0, 0.05) is 44.1 Å². The largest absolute Gasteiger partial charge is 0.416 e. The summed E-state index contributed by atoms with van der Waals surface area (Å²) in [5.41, 5.74) is -0.0739. The number of alkyl halides is 3. The van der Waals surface area contributed by atoms with Gasteiger partial charge in [-0.2, -0.15) is 13.2 Å². The second-order valence-electron chi connectivity index (χ2n) is 7.08. The standard InChI is InChI=1S/C18H23F3N2O2/c19-18(20,21)15-6-1-3-12(7-15)8-23-9-14(11-24)16(10-23)22-17(25)13-4-2-5-13/h1,3,6-7,13-14,16,24H,2,4-5,8-11H2,(H,22,25)/t14-,16+/m0/s1. The van der Waals surface area contributed by atoms with E-state index in [1.54, 1.807) is 6.07 Å². The van der Waals surface area contributed by atoms with Crippen molar-refractivity contribution in [2.45, 2.75) is 38.0 Å². The van der Waals surface area contributed by atoms with Crippen LogP contribution in [0.5, 0.6) is 0 Å². The lowest BCUT2D eigenvalue weighted by atomic mass is 9.84. The van der Waals surface area contributed by atoms with Crippen LogP contribution in [0.4, 0.5) is 13.2 Å². The van der Waals surface area contributed by atoms with E-state index in [4.69, 9.17) is 0 Å². The minimum Gasteiger partial charge on any atom is -0.396 e. The molecule has 2 aliphatic rings. The Morgan fingerprint density at radius 3 is 2.64 bits per heavy atom. The van der Waals surface area contributed by atoms with Gasteiger partial charge in [0.05, 0.1) is 5.56 Å². The molecule has 1 heterocycles. The highest BCUT2D eigenvalue weighted by Crippen LogP contribution is 2.30. The minimum absolute atomic E-state index is 0.0376. The van der Waals surface area contributed by atoms with Crippen molar-refractivity contribution in [1.82, 2.24) is 10.2 Å². The molecule has 2 N–H and O–H groups in total. The van der Waals surface area contributed by atoms with Crippen molar-refractivity contribution in [3.63, 3.8) is 0 Å². The first kappa shape index (κ1) is 18.2. The number of amides is 1. The van der Waals surface area contributed by atoms with Crippen LogP contribution < -0.4 is 5.32 Å². The summed E-state index contributed by atoms with van der Waals surface area (Å²) in [5, 5.41) is 12.6. The van der Waals surface area contributed by atoms with Crippen molar-refractivity contribution in [3.8, 4) is 0 Å². The lowest BCUT2D eigenvalue weighted by Gasteiger charge is -2.27. The average molecular weight is 356 g/mol. The highest BCUT2D eigenvalue weighted by atomic mass is 19.4. The minimum atomic E-state index is -4.35. The Labute approximate surface area is 145 Å². The fourth-order valence-corrected chi connectivity index (χ4v) is 3.51. The maximum atomic E-state index is 12.8. The molecular weight excluding hydrogens is 333 g/mol. The van der Waals surface area contributed by atoms with Gasteiger partial charge in [-0.05, 0) is 24.5 Å². The lowest BCUT2D eigenvalue weighted by molar-refractivity contribution is -0.137. The molecule has 1 amide bonds. The van der Waals surface area contributed by atoms with E-state index < -0.39 is 11.7 Å². The Morgan fingerprint density at radius 1 is 1.28 bits per heavy atom. The Balaban J connectivity index is 1.61. The van der Waals surface area contributed by atoms with E-state index in [2.05, 4.69) is 5.32 Å². The molecule has 1 saturated carbocycles. The van der Waals surface area contributed by atoms with Crippen molar-refractivity contribution < 1.29 is 23.1 Å². The molecule has 25 heavy (non-hydrogen) atoms. The zero-order valence-electron chi connectivity index (χ0n) is 13.9. The van der Waals surface area contributed by atoms with E-state index in [1.807, 2.05) is 4.90 Å². The number of aliphatic hydroxyl groups is 1. The van der Waals surface area contributed by atoms with Gasteiger partial charge in [0.1, 0.15) is 0 Å². The lowest BCUT2D eigenvalue weighted by Crippen LogP contribution is -2.45. The summed E-state index contributed by atoms with van der Waals surface area (Å²) < 4.78 is 38.5. The summed E-state index contributed by atoms with van der Waals surface area (Å²) in [6.45, 7) is 1.42. The molecule has 1 saturated heterocycles. The smallest absolute Gasteiger partial charge is 0.396 e. The highest BCUT2D eigenvalue weighted by molar-refractivity contribution is 5.79. The molecule has 138 valence electrons. The third-order valence-electron chi connectivity index (χ3n) is 5.22. The van der Waals surface area contributed by atoms with Gasteiger partial charge in [0.2, 0.25) is 5.91 Å². The van der Waals surface area contributed by atoms with Crippen LogP contribution in [-0.4, -0.2) is 41.7 Å². The molecule has 0 bridgehead atoms. The molecule has 3 rings (SSSR count). The Bertz CT molecular complexity index is 617. The van der Waals surface area contributed by atoms with E-state index in [0.29, 0.717) is 25.2 Å². The second-order valence-corrected chi connectivity index (χ2v) is 7.08. The molecule has 2 fully saturated rings. The SMILES string of the molecule is O=C(N[C@@H]1CN(Cc2cccc(C(F)(F)F)c2)C[C@H]1CO)C1CCC1. The van der Waals surface area contributed by atoms with Gasteiger partial charge in [-0.3, -0.25) is 9.69 Å². The monoisotopic (exact) mass is 356 g/mol. The van der Waals surface area contributed by atoms with E-state index in [-0.39, 0.29) is 30.4 Å². The first-order valence-corrected chi connectivity index (χ1v) is 8.66. The van der Waals surface area contributed by atoms with Crippen molar-refractivity contribution in [2.24, 2.45) is 11.8 Å². The maximum Gasteiger partial charge on any atom is 0.416 e. The third kappa shape index (κ3) is 4.33. The quantitative estimate of drug-likeness (QED) is 0.852. The van der Waals surface area contributed by atoms with Gasteiger partial charge in [-0.1, -0.05) is 24.6 Å². The third-order valence-corrected chi connectivity index (χ3v) is 5.22. The van der Waals surface area contributed by atoms with Crippen LogP contribution in [0.15, 0.2) is 24.3 Å². The fourth-order valence-electron chi connectivity index (χ4n) is 3.51. The van der Waals surface area contributed by atoms with Crippen LogP contribution in [0.2, 0.25) is 0 Å². The van der Waals surface area contributed by atoms with Crippen LogP contribution in [0, 0.1) is 11.8 Å². The molecule has 1 aliphatic heterocycles. The normalized spacial score (nSPS) is 25.0. The molecule has 0 spiro atoms. The second kappa shape index (κ2) is 7.33. The van der Waals surface area contributed by atoms with Crippen molar-refractivity contribution in [1.29, 1.82) is 0 Å². The molecule has 4 nitrogen and oxygen atoms in total. The summed E-state index contributed by atoms with van der Waals surface area (Å²) in [6, 6.07) is 5.15. The molecule has 2 atom stereocenters. The Kier molecular flexibility index (Phi) is 5.34. The number of halogens is 3. The molecule has 1 aliphatic carbocycles. The van der Waals surface area contributed by atoms with Gasteiger partial charge < -0.3 is 10.4 Å². The maximum absolute atomic E-state index is 12.8. The first-order chi connectivity index (χ1) is 11.9. The molecule has 0 radical (unpaired) electrons. The number of rotatable bonds is 5. The Hall–Kier alpha value is -1.60. The van der Waals surface area contributed by atoms with E-state index >= 15 is 0 Å². The number of nitrogens with zero attached hydrogens (tertiary/aromatic N) is 1. The number of carbonyl (C=O) groups is 1. The van der Waals surface area contributed by atoms with Crippen molar-refractivity contribution >= 4 is 5.91 Å². The summed E-state index contributed by atoms with van der Waals surface area (Å²) in [7, 11) is 0. The number of nitrogens with one attached hydrogen (secondary N) is 1. The molecule has 0 unspecified atom stereocenters. The van der Waals surface area contributed by atoms with Gasteiger partial charge in [0.15, 0.2) is 0 Å². The summed E-state index contributed by atoms with van der Waals surface area (Å²) >= 11 is 0. The van der Waals surface area contributed by atoms with Crippen LogP contribution in [-0.2, 0) is 17.5 Å². The number of hydrogen-bond acceptors (Lipinski definition) is 3. The summed E-state index contributed by atoms with van der Waals surface area (Å²) in [6.07, 6.45) is -1.45. The number of benzene rings is 1. The Morgan fingerprint density at radius 2 is 2.04 bits per heavy atom. The molecular formula is C18H23F3N2O2. The van der Waals surface area contributed by atoms with Crippen LogP contribution >= 0.6 is 0 Å². The zero-order chi connectivity index (χ0) is 18.0. The fraction of sp³-hybridized carbons (Fsp3) is 0.611. The number of carbonyl (C=O) groups excluding carboxylic acids is 1. The first-order valence-electron chi connectivity index (χ1n) is 8.66. The van der Waals surface area contributed by atoms with Gasteiger partial charge >= 0.3 is 6.18 Å². The molecule has 0 aromatic heterocycles. The van der Waals surface area contributed by atoms with Gasteiger partial charge in [0.25, 0.3) is 0 Å². The van der Waals surface area contributed by atoms with Crippen molar-refractivity contribution in [3.05, 3.63) is 35.4 Å². The van der Waals surface area contributed by atoms with E-state index in [0.717, 1.165) is 31.4 Å². The summed E-state index contributed by atoms with van der Waals surface area (Å²) in [4.78, 5) is 14.1. The van der Waals surface area contributed by atoms with Gasteiger partial charge in [-0.25, -0.2) is 0 Å².